The van der Waals surface area contributed by atoms with Gasteiger partial charge in [-0.15, -0.1) is 0 Å². The van der Waals surface area contributed by atoms with Crippen molar-refractivity contribution in [2.24, 2.45) is 5.92 Å². The quantitative estimate of drug-likeness (QED) is 0.827. The lowest BCUT2D eigenvalue weighted by atomic mass is 10.1. The zero-order valence-corrected chi connectivity index (χ0v) is 14.3. The number of carboxylic acid groups (broad SMARTS) is 1. The van der Waals surface area contributed by atoms with Crippen LogP contribution in [-0.4, -0.2) is 54.7 Å². The van der Waals surface area contributed by atoms with Gasteiger partial charge in [-0.3, -0.25) is 0 Å². The molecular weight excluding hydrogens is 290 g/mol. The number of alkyl carbamates (subject to hydrolysis) is 1. The molecule has 1 heterocycles. The van der Waals surface area contributed by atoms with E-state index < -0.39 is 29.8 Å². The highest BCUT2D eigenvalue weighted by Gasteiger charge is 2.33. The fourth-order valence-electron chi connectivity index (χ4n) is 1.45. The Morgan fingerprint density at radius 3 is 2.14 bits per heavy atom. The van der Waals surface area contributed by atoms with Gasteiger partial charge >= 0.3 is 12.1 Å². The van der Waals surface area contributed by atoms with Gasteiger partial charge in [-0.25, -0.2) is 9.59 Å². The molecule has 7 nitrogen and oxygen atoms in total. The first-order chi connectivity index (χ1) is 10.0. The van der Waals surface area contributed by atoms with Crippen molar-refractivity contribution in [3.05, 3.63) is 0 Å². The van der Waals surface area contributed by atoms with Crippen LogP contribution in [0.25, 0.3) is 0 Å². The fraction of sp³-hybridized carbons (Fsp3) is 0.867. The van der Waals surface area contributed by atoms with Crippen molar-refractivity contribution >= 4 is 12.1 Å². The molecule has 22 heavy (non-hydrogen) atoms. The van der Waals surface area contributed by atoms with Gasteiger partial charge in [0.15, 0.2) is 6.04 Å². The van der Waals surface area contributed by atoms with Crippen molar-refractivity contribution < 1.29 is 28.9 Å². The lowest BCUT2D eigenvalue weighted by molar-refractivity contribution is -0.152. The molecule has 1 saturated heterocycles. The Kier molecular flexibility index (Phi) is 9.04. The van der Waals surface area contributed by atoms with E-state index in [9.17, 15) is 9.59 Å². The topological polar surface area (TPSA) is 94.1 Å². The van der Waals surface area contributed by atoms with Gasteiger partial charge in [-0.05, 0) is 26.7 Å². The van der Waals surface area contributed by atoms with Crippen molar-refractivity contribution in [1.82, 2.24) is 5.32 Å². The Morgan fingerprint density at radius 2 is 1.77 bits per heavy atom. The van der Waals surface area contributed by atoms with Gasteiger partial charge in [0.25, 0.3) is 0 Å². The third kappa shape index (κ3) is 10.4. The summed E-state index contributed by atoms with van der Waals surface area (Å²) in [5.74, 6) is -0.351. The van der Waals surface area contributed by atoms with E-state index in [1.807, 2.05) is 0 Å². The Hall–Kier alpha value is -1.34. The molecule has 7 heteroatoms. The van der Waals surface area contributed by atoms with Gasteiger partial charge in [0.1, 0.15) is 11.7 Å². The van der Waals surface area contributed by atoms with E-state index in [2.05, 4.69) is 26.1 Å². The van der Waals surface area contributed by atoms with Crippen LogP contribution < -0.4 is 5.32 Å². The molecule has 0 aliphatic carbocycles. The normalized spacial score (nSPS) is 19.7. The molecule has 0 bridgehead atoms. The summed E-state index contributed by atoms with van der Waals surface area (Å²) < 4.78 is 15.4. The third-order valence-electron chi connectivity index (χ3n) is 2.15. The predicted molar refractivity (Wildman–Crippen MR) is 81.9 cm³/mol. The maximum atomic E-state index is 11.5. The molecule has 2 N–H and O–H groups in total. The molecular formula is C15H29NO6. The number of rotatable bonds is 3. The number of nitrogens with one attached hydrogen (secondary N) is 1. The molecule has 1 fully saturated rings. The first kappa shape index (κ1) is 20.7. The minimum atomic E-state index is -1.18. The van der Waals surface area contributed by atoms with Crippen LogP contribution >= 0.6 is 0 Å². The van der Waals surface area contributed by atoms with E-state index in [1.54, 1.807) is 20.8 Å². The average molecular weight is 319 g/mol. The zero-order valence-electron chi connectivity index (χ0n) is 14.3. The van der Waals surface area contributed by atoms with E-state index in [-0.39, 0.29) is 6.61 Å². The highest BCUT2D eigenvalue weighted by Crippen LogP contribution is 2.10. The molecule has 0 saturated carbocycles. The van der Waals surface area contributed by atoms with Crippen LogP contribution in [-0.2, 0) is 19.0 Å². The third-order valence-corrected chi connectivity index (χ3v) is 2.15. The molecule has 1 aliphatic heterocycles. The Bertz CT molecular complexity index is 342. The van der Waals surface area contributed by atoms with Crippen LogP contribution in [0.15, 0.2) is 0 Å². The number of carbonyl (C=O) groups is 2. The van der Waals surface area contributed by atoms with E-state index in [1.165, 1.54) is 0 Å². The number of carbonyl (C=O) groups excluding carboxylic acids is 1. The molecule has 0 aromatic carbocycles. The summed E-state index contributed by atoms with van der Waals surface area (Å²) in [5.41, 5.74) is -0.683. The summed E-state index contributed by atoms with van der Waals surface area (Å²) in [5, 5.41) is 11.3. The lowest BCUT2D eigenvalue weighted by Crippen LogP contribution is -2.54. The molecule has 1 rings (SSSR count). The summed E-state index contributed by atoms with van der Waals surface area (Å²) >= 11 is 0. The van der Waals surface area contributed by atoms with Crippen molar-refractivity contribution in [3.8, 4) is 0 Å². The van der Waals surface area contributed by atoms with E-state index in [0.717, 1.165) is 5.92 Å². The highest BCUT2D eigenvalue weighted by atomic mass is 16.6. The van der Waals surface area contributed by atoms with Gasteiger partial charge in [0.05, 0.1) is 19.8 Å². The van der Waals surface area contributed by atoms with E-state index in [4.69, 9.17) is 19.3 Å². The average Bonchev–Trinajstić information content (AvgIpc) is 2.34. The highest BCUT2D eigenvalue weighted by molar-refractivity contribution is 5.80. The van der Waals surface area contributed by atoms with Crippen LogP contribution in [0.1, 0.15) is 41.5 Å². The van der Waals surface area contributed by atoms with E-state index in [0.29, 0.717) is 13.2 Å². The molecule has 1 amide bonds. The molecule has 2 unspecified atom stereocenters. The summed E-state index contributed by atoms with van der Waals surface area (Å²) in [7, 11) is 0. The molecule has 130 valence electrons. The van der Waals surface area contributed by atoms with Crippen LogP contribution in [0.4, 0.5) is 4.79 Å². The SMILES string of the molecule is CC(C)(C)OC(=O)NC(C(=O)O)C1COCCO1.CC(C)C. The van der Waals surface area contributed by atoms with Gasteiger partial charge in [0.2, 0.25) is 0 Å². The minimum Gasteiger partial charge on any atom is -0.480 e. The molecule has 0 aromatic rings. The Balaban J connectivity index is 0.000000980. The van der Waals surface area contributed by atoms with Crippen LogP contribution in [0.2, 0.25) is 0 Å². The summed E-state index contributed by atoms with van der Waals surface area (Å²) in [6, 6.07) is -1.18. The number of amides is 1. The fourth-order valence-corrected chi connectivity index (χ4v) is 1.45. The van der Waals surface area contributed by atoms with Gasteiger partial charge in [-0.2, -0.15) is 0 Å². The summed E-state index contributed by atoms with van der Waals surface area (Å²) in [6.45, 7) is 12.5. The van der Waals surface area contributed by atoms with Crippen molar-refractivity contribution in [2.75, 3.05) is 19.8 Å². The monoisotopic (exact) mass is 319 g/mol. The Labute approximate surface area is 132 Å². The summed E-state index contributed by atoms with van der Waals surface area (Å²) in [4.78, 5) is 22.6. The molecule has 0 radical (unpaired) electrons. The first-order valence-electron chi connectivity index (χ1n) is 7.44. The second-order valence-electron chi connectivity index (χ2n) is 6.68. The second kappa shape index (κ2) is 9.63. The maximum absolute atomic E-state index is 11.5. The van der Waals surface area contributed by atoms with Gasteiger partial charge in [0, 0.05) is 0 Å². The smallest absolute Gasteiger partial charge is 0.408 e. The molecule has 0 spiro atoms. The predicted octanol–water partition coefficient (Wildman–Crippen LogP) is 2.04. The summed E-state index contributed by atoms with van der Waals surface area (Å²) in [6.07, 6.45) is -1.49. The van der Waals surface area contributed by atoms with Crippen LogP contribution in [0.3, 0.4) is 0 Å². The molecule has 0 aromatic heterocycles. The lowest BCUT2D eigenvalue weighted by Gasteiger charge is -2.29. The van der Waals surface area contributed by atoms with Gasteiger partial charge < -0.3 is 24.6 Å². The van der Waals surface area contributed by atoms with E-state index >= 15 is 0 Å². The molecule has 1 aliphatic rings. The van der Waals surface area contributed by atoms with Crippen LogP contribution in [0.5, 0.6) is 0 Å². The van der Waals surface area contributed by atoms with Crippen molar-refractivity contribution in [3.63, 3.8) is 0 Å². The first-order valence-corrected chi connectivity index (χ1v) is 7.44. The van der Waals surface area contributed by atoms with Gasteiger partial charge in [-0.1, -0.05) is 20.8 Å². The zero-order chi connectivity index (χ0) is 17.3. The van der Waals surface area contributed by atoms with Crippen molar-refractivity contribution in [2.45, 2.75) is 59.3 Å². The number of ether oxygens (including phenoxy) is 3. The standard InChI is InChI=1S/C11H19NO6.C4H10/c1-11(2,3)18-10(15)12-8(9(13)14)7-6-16-4-5-17-7;1-4(2)3/h7-8H,4-6H2,1-3H3,(H,12,15)(H,13,14);4H,1-3H3. The number of aliphatic carboxylic acids is 1. The second-order valence-corrected chi connectivity index (χ2v) is 6.68. The maximum Gasteiger partial charge on any atom is 0.408 e. The number of hydrogen-bond donors (Lipinski definition) is 2. The number of carboxylic acids is 1. The van der Waals surface area contributed by atoms with Crippen molar-refractivity contribution in [1.29, 1.82) is 0 Å². The largest absolute Gasteiger partial charge is 0.480 e. The molecule has 2 atom stereocenters. The number of hydrogen-bond acceptors (Lipinski definition) is 5. The Morgan fingerprint density at radius 1 is 1.23 bits per heavy atom. The van der Waals surface area contributed by atoms with Crippen LogP contribution in [0, 0.1) is 5.92 Å². The minimum absolute atomic E-state index is 0.132.